The summed E-state index contributed by atoms with van der Waals surface area (Å²) in [6.45, 7) is 2.95. The molecule has 2 N–H and O–H groups in total. The fourth-order valence-electron chi connectivity index (χ4n) is 1.42. The van der Waals surface area contributed by atoms with Crippen LogP contribution in [0.25, 0.3) is 0 Å². The van der Waals surface area contributed by atoms with Gasteiger partial charge in [0.05, 0.1) is 27.3 Å². The van der Waals surface area contributed by atoms with Crippen molar-refractivity contribution in [2.24, 2.45) is 0 Å². The van der Waals surface area contributed by atoms with Crippen molar-refractivity contribution >= 4 is 5.97 Å². The molecule has 0 spiro atoms. The first-order valence-corrected chi connectivity index (χ1v) is 5.28. The summed E-state index contributed by atoms with van der Waals surface area (Å²) in [6.07, 6.45) is 3.08. The molecule has 1 atom stereocenters. The third-order valence-electron chi connectivity index (χ3n) is 2.03. The molecule has 0 fully saturated rings. The normalized spacial score (nSPS) is 14.2. The van der Waals surface area contributed by atoms with Gasteiger partial charge in [-0.15, -0.1) is 0 Å². The van der Waals surface area contributed by atoms with E-state index in [0.29, 0.717) is 13.2 Å². The molecule has 0 aliphatic rings. The fourth-order valence-corrected chi connectivity index (χ4v) is 1.42. The van der Waals surface area contributed by atoms with Gasteiger partial charge in [-0.1, -0.05) is 12.2 Å². The SMILES string of the molecule is C/C=C/COCC(O)C[N+](C)(C)CC(=O)O. The van der Waals surface area contributed by atoms with E-state index in [1.807, 2.05) is 19.1 Å². The first kappa shape index (κ1) is 15.1. The number of aliphatic hydroxyl groups excluding tert-OH is 1. The molecule has 0 saturated carbocycles. The molecule has 0 aliphatic carbocycles. The predicted molar refractivity (Wildman–Crippen MR) is 61.1 cm³/mol. The van der Waals surface area contributed by atoms with Crippen molar-refractivity contribution in [3.05, 3.63) is 12.2 Å². The van der Waals surface area contributed by atoms with Crippen molar-refractivity contribution in [3.63, 3.8) is 0 Å². The number of nitrogens with zero attached hydrogens (tertiary/aromatic N) is 1. The molecular formula is C11H22NO4+. The zero-order valence-electron chi connectivity index (χ0n) is 10.2. The number of quaternary nitrogens is 1. The minimum absolute atomic E-state index is 0.00801. The number of ether oxygens (including phenoxy) is 1. The highest BCUT2D eigenvalue weighted by atomic mass is 16.5. The summed E-state index contributed by atoms with van der Waals surface area (Å²) in [5, 5.41) is 18.3. The highest BCUT2D eigenvalue weighted by molar-refractivity contribution is 5.67. The lowest BCUT2D eigenvalue weighted by Gasteiger charge is -2.29. The molecule has 0 rings (SSSR count). The van der Waals surface area contributed by atoms with E-state index in [9.17, 15) is 9.90 Å². The highest BCUT2D eigenvalue weighted by Gasteiger charge is 2.23. The van der Waals surface area contributed by atoms with Gasteiger partial charge in [-0.3, -0.25) is 0 Å². The molecule has 0 bridgehead atoms. The Morgan fingerprint density at radius 3 is 2.62 bits per heavy atom. The van der Waals surface area contributed by atoms with Crippen LogP contribution < -0.4 is 0 Å². The number of hydrogen-bond donors (Lipinski definition) is 2. The van der Waals surface area contributed by atoms with Crippen LogP contribution in [-0.2, 0) is 9.53 Å². The zero-order valence-corrected chi connectivity index (χ0v) is 10.2. The van der Waals surface area contributed by atoms with E-state index in [1.165, 1.54) is 0 Å². The summed E-state index contributed by atoms with van der Waals surface area (Å²) >= 11 is 0. The maximum absolute atomic E-state index is 10.6. The Balaban J connectivity index is 3.84. The number of aliphatic hydroxyl groups is 1. The van der Waals surface area contributed by atoms with Gasteiger partial charge in [-0.05, 0) is 6.92 Å². The van der Waals surface area contributed by atoms with Gasteiger partial charge in [-0.2, -0.15) is 0 Å². The summed E-state index contributed by atoms with van der Waals surface area (Å²) in [5.41, 5.74) is 0. The topological polar surface area (TPSA) is 66.8 Å². The molecule has 0 radical (unpaired) electrons. The van der Waals surface area contributed by atoms with Crippen LogP contribution >= 0.6 is 0 Å². The van der Waals surface area contributed by atoms with Crippen molar-refractivity contribution in [2.45, 2.75) is 13.0 Å². The van der Waals surface area contributed by atoms with Gasteiger partial charge >= 0.3 is 5.97 Å². The Morgan fingerprint density at radius 1 is 1.50 bits per heavy atom. The summed E-state index contributed by atoms with van der Waals surface area (Å²) in [6, 6.07) is 0. The smallest absolute Gasteiger partial charge is 0.359 e. The van der Waals surface area contributed by atoms with Crippen molar-refractivity contribution < 1.29 is 24.2 Å². The van der Waals surface area contributed by atoms with Crippen molar-refractivity contribution in [3.8, 4) is 0 Å². The van der Waals surface area contributed by atoms with E-state index in [2.05, 4.69) is 0 Å². The Bertz CT molecular complexity index is 238. The molecule has 94 valence electrons. The largest absolute Gasteiger partial charge is 0.477 e. The zero-order chi connectivity index (χ0) is 12.6. The minimum atomic E-state index is -0.868. The van der Waals surface area contributed by atoms with Gasteiger partial charge in [0.25, 0.3) is 0 Å². The molecule has 0 amide bonds. The average Bonchev–Trinajstić information content (AvgIpc) is 2.09. The molecule has 0 heterocycles. The van der Waals surface area contributed by atoms with E-state index >= 15 is 0 Å². The maximum atomic E-state index is 10.6. The van der Waals surface area contributed by atoms with Crippen LogP contribution in [0.3, 0.4) is 0 Å². The van der Waals surface area contributed by atoms with Gasteiger partial charge in [0.15, 0.2) is 6.54 Å². The summed E-state index contributed by atoms with van der Waals surface area (Å²) < 4.78 is 5.43. The number of hydrogen-bond acceptors (Lipinski definition) is 3. The first-order valence-electron chi connectivity index (χ1n) is 5.28. The lowest BCUT2D eigenvalue weighted by molar-refractivity contribution is -0.886. The summed E-state index contributed by atoms with van der Waals surface area (Å²) in [7, 11) is 3.53. The molecule has 0 aliphatic heterocycles. The van der Waals surface area contributed by atoms with Gasteiger partial charge in [0, 0.05) is 0 Å². The van der Waals surface area contributed by atoms with E-state index < -0.39 is 12.1 Å². The number of carboxylic acids is 1. The van der Waals surface area contributed by atoms with Gasteiger partial charge < -0.3 is 19.4 Å². The lowest BCUT2D eigenvalue weighted by Crippen LogP contribution is -2.49. The molecule has 0 saturated heterocycles. The molecule has 0 aromatic rings. The monoisotopic (exact) mass is 232 g/mol. The lowest BCUT2D eigenvalue weighted by atomic mass is 10.3. The second-order valence-electron chi connectivity index (χ2n) is 4.43. The number of carbonyl (C=O) groups is 1. The summed E-state index contributed by atoms with van der Waals surface area (Å²) in [4.78, 5) is 10.6. The Labute approximate surface area is 96.5 Å². The number of carboxylic acid groups (broad SMARTS) is 1. The van der Waals surface area contributed by atoms with Crippen LogP contribution in [0.15, 0.2) is 12.2 Å². The molecule has 5 heteroatoms. The third-order valence-corrected chi connectivity index (χ3v) is 2.03. The molecule has 1 unspecified atom stereocenters. The number of likely N-dealkylation sites (N-methyl/N-ethyl adjacent to an activating group) is 1. The first-order chi connectivity index (χ1) is 7.37. The van der Waals surface area contributed by atoms with Crippen LogP contribution in [0.4, 0.5) is 0 Å². The molecule has 0 aromatic carbocycles. The average molecular weight is 232 g/mol. The van der Waals surface area contributed by atoms with Crippen LogP contribution in [-0.4, -0.2) is 67.2 Å². The van der Waals surface area contributed by atoms with Crippen molar-refractivity contribution in [2.75, 3.05) is 40.4 Å². The molecular weight excluding hydrogens is 210 g/mol. The van der Waals surface area contributed by atoms with E-state index in [0.717, 1.165) is 0 Å². The molecule has 0 aromatic heterocycles. The van der Waals surface area contributed by atoms with Gasteiger partial charge in [-0.25, -0.2) is 4.79 Å². The van der Waals surface area contributed by atoms with Crippen LogP contribution in [0.2, 0.25) is 0 Å². The van der Waals surface area contributed by atoms with Crippen molar-refractivity contribution in [1.29, 1.82) is 0 Å². The van der Waals surface area contributed by atoms with E-state index in [4.69, 9.17) is 9.84 Å². The third kappa shape index (κ3) is 8.40. The number of aliphatic carboxylic acids is 1. The van der Waals surface area contributed by atoms with Gasteiger partial charge in [0.1, 0.15) is 12.6 Å². The van der Waals surface area contributed by atoms with Crippen LogP contribution in [0, 0.1) is 0 Å². The predicted octanol–water partition coefficient (Wildman–Crippen LogP) is 0.101. The van der Waals surface area contributed by atoms with E-state index in [1.54, 1.807) is 14.1 Å². The van der Waals surface area contributed by atoms with Crippen LogP contribution in [0.5, 0.6) is 0 Å². The Morgan fingerprint density at radius 2 is 2.12 bits per heavy atom. The fraction of sp³-hybridized carbons (Fsp3) is 0.727. The maximum Gasteiger partial charge on any atom is 0.359 e. The van der Waals surface area contributed by atoms with Crippen LogP contribution in [0.1, 0.15) is 6.92 Å². The van der Waals surface area contributed by atoms with E-state index in [-0.39, 0.29) is 17.6 Å². The van der Waals surface area contributed by atoms with Gasteiger partial charge in [0.2, 0.25) is 0 Å². The van der Waals surface area contributed by atoms with Crippen molar-refractivity contribution in [1.82, 2.24) is 0 Å². The number of allylic oxidation sites excluding steroid dienone is 1. The second kappa shape index (κ2) is 7.38. The quantitative estimate of drug-likeness (QED) is 0.354. The summed E-state index contributed by atoms with van der Waals surface area (Å²) in [5.74, 6) is -0.868. The molecule has 5 nitrogen and oxygen atoms in total. The Hall–Kier alpha value is -0.910. The second-order valence-corrected chi connectivity index (χ2v) is 4.43. The minimum Gasteiger partial charge on any atom is -0.477 e. The Kier molecular flexibility index (Phi) is 6.96. The highest BCUT2D eigenvalue weighted by Crippen LogP contribution is 2.00. The number of rotatable bonds is 8. The molecule has 16 heavy (non-hydrogen) atoms. The standard InChI is InChI=1S/C11H21NO4/c1-4-5-6-16-9-10(13)7-12(2,3)8-11(14)15/h4-5,10,13H,6-9H2,1-3H3/p+1/b5-4+.